The molecular weight excluding hydrogens is 598 g/mol. The summed E-state index contributed by atoms with van der Waals surface area (Å²) in [5, 5.41) is 12.5. The number of thiophene rings is 1. The monoisotopic (exact) mass is 622 g/mol. The van der Waals surface area contributed by atoms with Crippen molar-refractivity contribution in [2.24, 2.45) is 29.1 Å². The molecule has 6 unspecified atom stereocenters. The Morgan fingerprint density at radius 2 is 1.79 bits per heavy atom. The highest BCUT2D eigenvalue weighted by Gasteiger charge is 2.68. The third-order valence-electron chi connectivity index (χ3n) is 9.75. The second-order valence-electron chi connectivity index (χ2n) is 11.8. The molecule has 3 aromatic rings. The Morgan fingerprint density at radius 3 is 2.51 bits per heavy atom. The summed E-state index contributed by atoms with van der Waals surface area (Å²) in [4.78, 5) is 59.0. The Morgan fingerprint density at radius 1 is 1.00 bits per heavy atom. The molecule has 3 heterocycles. The first kappa shape index (κ1) is 27.9. The van der Waals surface area contributed by atoms with Gasteiger partial charge in [-0.2, -0.15) is 0 Å². The molecule has 2 aliphatic carbocycles. The number of carbonyl (C=O) groups is 4. The Balaban J connectivity index is 1.36. The van der Waals surface area contributed by atoms with Gasteiger partial charge >= 0.3 is 0 Å². The van der Waals surface area contributed by atoms with Gasteiger partial charge in [0.25, 0.3) is 0 Å². The van der Waals surface area contributed by atoms with Gasteiger partial charge in [0.15, 0.2) is 11.6 Å². The van der Waals surface area contributed by atoms with E-state index in [9.17, 15) is 33.1 Å². The van der Waals surface area contributed by atoms with Crippen LogP contribution in [0.5, 0.6) is 5.75 Å². The first-order valence-electron chi connectivity index (χ1n) is 13.9. The molecule has 43 heavy (non-hydrogen) atoms. The predicted octanol–water partition coefficient (Wildman–Crippen LogP) is 5.82. The van der Waals surface area contributed by atoms with Gasteiger partial charge in [0, 0.05) is 16.4 Å². The van der Waals surface area contributed by atoms with Crippen molar-refractivity contribution in [2.75, 3.05) is 4.90 Å². The lowest BCUT2D eigenvalue weighted by Crippen LogP contribution is -2.48. The van der Waals surface area contributed by atoms with E-state index in [2.05, 4.69) is 0 Å². The molecule has 7 nitrogen and oxygen atoms in total. The normalized spacial score (nSPS) is 30.0. The lowest BCUT2D eigenvalue weighted by molar-refractivity contribution is -0.141. The standard InChI is InChI=1S/C32H25ClF2N2O5S/c1-32-21(29(40)37(31(32)42)15-7-10-23(34)22(33)12-15)13-20-17(26(32)19-5-2-6-24(35)27(19)38)8-9-18-25(20)30(41)36(28(18)39)14-16-4-3-11-43-16/h2-8,10-12,18,20-21,25-26,38H,9,13-14H2,1H3. The molecular formula is C32H25ClF2N2O5S. The minimum Gasteiger partial charge on any atom is -0.505 e. The number of likely N-dealkylation sites (tertiary alicyclic amines) is 1. The number of aromatic hydroxyl groups is 1. The third-order valence-corrected chi connectivity index (χ3v) is 10.9. The topological polar surface area (TPSA) is 95.0 Å². The summed E-state index contributed by atoms with van der Waals surface area (Å²) in [5.74, 6) is -8.01. The van der Waals surface area contributed by atoms with E-state index in [-0.39, 0.29) is 47.5 Å². The molecule has 11 heteroatoms. The van der Waals surface area contributed by atoms with Crippen molar-refractivity contribution in [2.45, 2.75) is 32.2 Å². The minimum atomic E-state index is -1.49. The van der Waals surface area contributed by atoms with Gasteiger partial charge in [-0.15, -0.1) is 11.3 Å². The van der Waals surface area contributed by atoms with E-state index in [1.807, 2.05) is 23.6 Å². The van der Waals surface area contributed by atoms with Gasteiger partial charge in [0.2, 0.25) is 23.6 Å². The number of nitrogens with zero attached hydrogens (tertiary/aromatic N) is 2. The van der Waals surface area contributed by atoms with Gasteiger partial charge in [0.1, 0.15) is 5.82 Å². The number of rotatable bonds is 4. The van der Waals surface area contributed by atoms with E-state index in [0.717, 1.165) is 21.9 Å². The van der Waals surface area contributed by atoms with Crippen LogP contribution in [0.2, 0.25) is 5.02 Å². The number of fused-ring (bicyclic) bond motifs is 4. The number of benzene rings is 2. The summed E-state index contributed by atoms with van der Waals surface area (Å²) in [5.41, 5.74) is -0.654. The number of anilines is 1. The number of phenols is 1. The average molecular weight is 623 g/mol. The number of hydrogen-bond acceptors (Lipinski definition) is 6. The maximum Gasteiger partial charge on any atom is 0.241 e. The summed E-state index contributed by atoms with van der Waals surface area (Å²) >= 11 is 7.45. The van der Waals surface area contributed by atoms with Crippen molar-refractivity contribution in [3.8, 4) is 5.75 Å². The molecule has 220 valence electrons. The molecule has 1 aromatic heterocycles. The minimum absolute atomic E-state index is 0.0864. The summed E-state index contributed by atoms with van der Waals surface area (Å²) < 4.78 is 28.8. The largest absolute Gasteiger partial charge is 0.505 e. The molecule has 7 rings (SSSR count). The SMILES string of the molecule is CC12C(=O)N(c3ccc(F)c(Cl)c3)C(=O)C1CC1C(=CCC3C(=O)N(Cc4cccs4)C(=O)C31)C2c1cccc(F)c1O. The van der Waals surface area contributed by atoms with Gasteiger partial charge in [-0.3, -0.25) is 24.1 Å². The molecule has 2 aromatic carbocycles. The molecule has 6 atom stereocenters. The highest BCUT2D eigenvalue weighted by Crippen LogP contribution is 2.64. The predicted molar refractivity (Wildman–Crippen MR) is 154 cm³/mol. The molecule has 0 bridgehead atoms. The number of phenolic OH excluding ortho intramolecular Hbond substituents is 1. The van der Waals surface area contributed by atoms with E-state index in [0.29, 0.717) is 5.57 Å². The molecule has 2 saturated heterocycles. The second-order valence-corrected chi connectivity index (χ2v) is 13.2. The number of para-hydroxylation sites is 1. The maximum absolute atomic E-state index is 14.8. The van der Waals surface area contributed by atoms with E-state index in [1.54, 1.807) is 6.92 Å². The number of imide groups is 2. The van der Waals surface area contributed by atoms with Gasteiger partial charge in [-0.1, -0.05) is 41.4 Å². The van der Waals surface area contributed by atoms with Crippen molar-refractivity contribution >= 4 is 52.3 Å². The number of allylic oxidation sites excluding steroid dienone is 2. The Bertz CT molecular complexity index is 1760. The summed E-state index contributed by atoms with van der Waals surface area (Å²) in [7, 11) is 0. The zero-order valence-electron chi connectivity index (χ0n) is 22.8. The van der Waals surface area contributed by atoms with E-state index in [1.165, 1.54) is 40.5 Å². The van der Waals surface area contributed by atoms with Crippen molar-refractivity contribution < 1.29 is 33.1 Å². The van der Waals surface area contributed by atoms with Crippen LogP contribution in [0, 0.1) is 40.7 Å². The second kappa shape index (κ2) is 9.82. The van der Waals surface area contributed by atoms with Crippen molar-refractivity contribution in [3.05, 3.63) is 92.7 Å². The zero-order chi connectivity index (χ0) is 30.4. The lowest BCUT2D eigenvalue weighted by Gasteiger charge is -2.49. The Kier molecular flexibility index (Phi) is 6.37. The summed E-state index contributed by atoms with van der Waals surface area (Å²) in [6.07, 6.45) is 2.16. The molecule has 3 fully saturated rings. The van der Waals surface area contributed by atoms with Gasteiger partial charge in [0.05, 0.1) is 40.4 Å². The number of carbonyl (C=O) groups excluding carboxylic acids is 4. The first-order chi connectivity index (χ1) is 20.5. The lowest BCUT2D eigenvalue weighted by atomic mass is 9.51. The van der Waals surface area contributed by atoms with Crippen LogP contribution in [0.1, 0.15) is 36.1 Å². The van der Waals surface area contributed by atoms with Crippen molar-refractivity contribution in [1.29, 1.82) is 0 Å². The van der Waals surface area contributed by atoms with Crippen molar-refractivity contribution in [3.63, 3.8) is 0 Å². The summed E-state index contributed by atoms with van der Waals surface area (Å²) in [6.45, 7) is 1.77. The van der Waals surface area contributed by atoms with E-state index >= 15 is 0 Å². The van der Waals surface area contributed by atoms with Crippen LogP contribution in [0.15, 0.2) is 65.6 Å². The number of halogens is 3. The van der Waals surface area contributed by atoms with Gasteiger partial charge in [-0.05, 0) is 61.4 Å². The molecule has 1 N–H and O–H groups in total. The smallest absolute Gasteiger partial charge is 0.241 e. The summed E-state index contributed by atoms with van der Waals surface area (Å²) in [6, 6.07) is 11.3. The average Bonchev–Trinajstić information content (AvgIpc) is 3.63. The molecule has 4 amide bonds. The molecule has 0 radical (unpaired) electrons. The zero-order valence-corrected chi connectivity index (χ0v) is 24.4. The van der Waals surface area contributed by atoms with Crippen LogP contribution >= 0.6 is 22.9 Å². The Hall–Kier alpha value is -3.89. The van der Waals surface area contributed by atoms with E-state index < -0.39 is 64.2 Å². The number of hydrogen-bond donors (Lipinski definition) is 1. The van der Waals surface area contributed by atoms with Crippen LogP contribution < -0.4 is 4.90 Å². The molecule has 2 aliphatic heterocycles. The number of amides is 4. The van der Waals surface area contributed by atoms with E-state index in [4.69, 9.17) is 11.6 Å². The fourth-order valence-corrected chi connectivity index (χ4v) is 8.64. The first-order valence-corrected chi connectivity index (χ1v) is 15.2. The molecule has 0 spiro atoms. The van der Waals surface area contributed by atoms with Gasteiger partial charge < -0.3 is 5.11 Å². The Labute approximate surface area is 254 Å². The van der Waals surface area contributed by atoms with Crippen LogP contribution in [0.3, 0.4) is 0 Å². The fraction of sp³-hybridized carbons (Fsp3) is 0.312. The molecule has 4 aliphatic rings. The third kappa shape index (κ3) is 3.88. The fourth-order valence-electron chi connectivity index (χ4n) is 7.77. The highest BCUT2D eigenvalue weighted by atomic mass is 35.5. The van der Waals surface area contributed by atoms with Crippen LogP contribution in [0.25, 0.3) is 0 Å². The molecule has 1 saturated carbocycles. The quantitative estimate of drug-likeness (QED) is 0.292. The van der Waals surface area contributed by atoms with Gasteiger partial charge in [-0.25, -0.2) is 13.7 Å². The van der Waals surface area contributed by atoms with Crippen LogP contribution in [-0.4, -0.2) is 33.6 Å². The van der Waals surface area contributed by atoms with Crippen molar-refractivity contribution in [1.82, 2.24) is 4.90 Å². The highest BCUT2D eigenvalue weighted by molar-refractivity contribution is 7.09. The maximum atomic E-state index is 14.8. The van der Waals surface area contributed by atoms with Crippen LogP contribution in [-0.2, 0) is 25.7 Å². The van der Waals surface area contributed by atoms with Crippen LogP contribution in [0.4, 0.5) is 14.5 Å².